The fraction of sp³-hybridized carbons (Fsp3) is 0.500. The van der Waals surface area contributed by atoms with E-state index in [-0.39, 0.29) is 6.04 Å². The molecule has 0 bridgehead atoms. The smallest absolute Gasteiger partial charge is 0.220 e. The normalized spacial score (nSPS) is 19.1. The SMILES string of the molecule is COc1cc(C)ccc1C1=N[C@H](C(C)C)CO1. The van der Waals surface area contributed by atoms with Crippen molar-refractivity contribution in [3.8, 4) is 5.75 Å². The van der Waals surface area contributed by atoms with Crippen molar-refractivity contribution >= 4 is 5.90 Å². The molecule has 0 fully saturated rings. The maximum Gasteiger partial charge on any atom is 0.220 e. The Hall–Kier alpha value is -1.51. The van der Waals surface area contributed by atoms with Crippen LogP contribution in [0, 0.1) is 12.8 Å². The van der Waals surface area contributed by atoms with Gasteiger partial charge < -0.3 is 9.47 Å². The van der Waals surface area contributed by atoms with Gasteiger partial charge in [-0.1, -0.05) is 19.9 Å². The summed E-state index contributed by atoms with van der Waals surface area (Å²) in [7, 11) is 1.67. The van der Waals surface area contributed by atoms with Gasteiger partial charge in [-0.2, -0.15) is 0 Å². The number of rotatable bonds is 3. The molecule has 0 unspecified atom stereocenters. The summed E-state index contributed by atoms with van der Waals surface area (Å²) in [6, 6.07) is 6.32. The van der Waals surface area contributed by atoms with Crippen LogP contribution in [-0.2, 0) is 4.74 Å². The lowest BCUT2D eigenvalue weighted by Gasteiger charge is -2.08. The highest BCUT2D eigenvalue weighted by Crippen LogP contribution is 2.25. The molecule has 1 aliphatic rings. The zero-order valence-electron chi connectivity index (χ0n) is 10.9. The minimum atomic E-state index is 0.260. The number of methoxy groups -OCH3 is 1. The van der Waals surface area contributed by atoms with Crippen molar-refractivity contribution in [3.63, 3.8) is 0 Å². The first-order valence-electron chi connectivity index (χ1n) is 5.97. The van der Waals surface area contributed by atoms with Crippen molar-refractivity contribution < 1.29 is 9.47 Å². The number of hydrogen-bond donors (Lipinski definition) is 0. The number of ether oxygens (including phenoxy) is 2. The molecule has 0 aromatic heterocycles. The summed E-state index contributed by atoms with van der Waals surface area (Å²) >= 11 is 0. The van der Waals surface area contributed by atoms with Gasteiger partial charge in [0, 0.05) is 0 Å². The summed E-state index contributed by atoms with van der Waals surface area (Å²) in [4.78, 5) is 4.61. The van der Waals surface area contributed by atoms with Crippen LogP contribution in [0.5, 0.6) is 5.75 Å². The van der Waals surface area contributed by atoms with Crippen molar-refractivity contribution in [3.05, 3.63) is 29.3 Å². The summed E-state index contributed by atoms with van der Waals surface area (Å²) in [6.45, 7) is 7.03. The third kappa shape index (κ3) is 2.43. The molecule has 0 spiro atoms. The Morgan fingerprint density at radius 2 is 2.18 bits per heavy atom. The Balaban J connectivity index is 2.32. The van der Waals surface area contributed by atoms with Gasteiger partial charge in [-0.25, -0.2) is 4.99 Å². The van der Waals surface area contributed by atoms with E-state index in [4.69, 9.17) is 9.47 Å². The van der Waals surface area contributed by atoms with E-state index in [2.05, 4.69) is 18.8 Å². The van der Waals surface area contributed by atoms with Crippen LogP contribution in [0.2, 0.25) is 0 Å². The van der Waals surface area contributed by atoms with Gasteiger partial charge in [-0.15, -0.1) is 0 Å². The third-order valence-electron chi connectivity index (χ3n) is 3.03. The van der Waals surface area contributed by atoms with E-state index in [0.717, 1.165) is 11.3 Å². The molecule has 17 heavy (non-hydrogen) atoms. The molecule has 0 N–H and O–H groups in total. The Labute approximate surface area is 102 Å². The summed E-state index contributed by atoms with van der Waals surface area (Å²) in [5.74, 6) is 2.04. The Bertz CT molecular complexity index is 438. The molecule has 1 atom stereocenters. The molecule has 0 radical (unpaired) electrons. The average molecular weight is 233 g/mol. The first-order chi connectivity index (χ1) is 8.11. The largest absolute Gasteiger partial charge is 0.496 e. The molecule has 0 saturated heterocycles. The van der Waals surface area contributed by atoms with Crippen molar-refractivity contribution in [1.29, 1.82) is 0 Å². The van der Waals surface area contributed by atoms with E-state index in [1.165, 1.54) is 5.56 Å². The van der Waals surface area contributed by atoms with Crippen molar-refractivity contribution in [2.24, 2.45) is 10.9 Å². The van der Waals surface area contributed by atoms with E-state index in [9.17, 15) is 0 Å². The second kappa shape index (κ2) is 4.78. The van der Waals surface area contributed by atoms with Crippen molar-refractivity contribution in [1.82, 2.24) is 0 Å². The molecular weight excluding hydrogens is 214 g/mol. The quantitative estimate of drug-likeness (QED) is 0.803. The lowest BCUT2D eigenvalue weighted by molar-refractivity contribution is 0.291. The maximum atomic E-state index is 5.67. The zero-order chi connectivity index (χ0) is 12.4. The van der Waals surface area contributed by atoms with Gasteiger partial charge in [0.2, 0.25) is 5.90 Å². The summed E-state index contributed by atoms with van der Waals surface area (Å²) in [5, 5.41) is 0. The molecule has 1 heterocycles. The molecule has 2 rings (SSSR count). The lowest BCUT2D eigenvalue weighted by atomic mass is 10.1. The maximum absolute atomic E-state index is 5.67. The Morgan fingerprint density at radius 3 is 2.76 bits per heavy atom. The number of benzene rings is 1. The highest BCUT2D eigenvalue weighted by atomic mass is 16.5. The van der Waals surface area contributed by atoms with E-state index in [1.54, 1.807) is 7.11 Å². The number of hydrogen-bond acceptors (Lipinski definition) is 3. The van der Waals surface area contributed by atoms with E-state index in [0.29, 0.717) is 18.4 Å². The Morgan fingerprint density at radius 1 is 1.41 bits per heavy atom. The van der Waals surface area contributed by atoms with Crippen LogP contribution in [0.15, 0.2) is 23.2 Å². The lowest BCUT2D eigenvalue weighted by Crippen LogP contribution is -2.13. The van der Waals surface area contributed by atoms with Crippen LogP contribution in [0.4, 0.5) is 0 Å². The number of aliphatic imine (C=N–C) groups is 1. The predicted octanol–water partition coefficient (Wildman–Crippen LogP) is 2.81. The molecule has 92 valence electrons. The van der Waals surface area contributed by atoms with E-state index >= 15 is 0 Å². The van der Waals surface area contributed by atoms with E-state index < -0.39 is 0 Å². The molecule has 3 nitrogen and oxygen atoms in total. The summed E-state index contributed by atoms with van der Waals surface area (Å²) in [6.07, 6.45) is 0. The van der Waals surface area contributed by atoms with Gasteiger partial charge in [-0.3, -0.25) is 0 Å². The molecule has 0 saturated carbocycles. The molecule has 0 amide bonds. The number of nitrogens with zero attached hydrogens (tertiary/aromatic N) is 1. The number of aryl methyl sites for hydroxylation is 1. The first kappa shape index (κ1) is 12.0. The van der Waals surface area contributed by atoms with Crippen LogP contribution < -0.4 is 4.74 Å². The second-order valence-electron chi connectivity index (χ2n) is 4.76. The van der Waals surface area contributed by atoms with Crippen LogP contribution in [0.3, 0.4) is 0 Å². The van der Waals surface area contributed by atoms with Crippen molar-refractivity contribution in [2.45, 2.75) is 26.8 Å². The van der Waals surface area contributed by atoms with Crippen LogP contribution in [0.25, 0.3) is 0 Å². The molecule has 1 aromatic rings. The molecule has 1 aliphatic heterocycles. The summed E-state index contributed by atoms with van der Waals surface area (Å²) in [5.41, 5.74) is 2.12. The van der Waals surface area contributed by atoms with Gasteiger partial charge in [0.05, 0.1) is 18.7 Å². The van der Waals surface area contributed by atoms with Gasteiger partial charge in [0.1, 0.15) is 12.4 Å². The second-order valence-corrected chi connectivity index (χ2v) is 4.76. The minimum absolute atomic E-state index is 0.260. The third-order valence-corrected chi connectivity index (χ3v) is 3.03. The van der Waals surface area contributed by atoms with E-state index in [1.807, 2.05) is 25.1 Å². The standard InChI is InChI=1S/C14H19NO2/c1-9(2)12-8-17-14(15-12)11-6-5-10(3)7-13(11)16-4/h5-7,9,12H,8H2,1-4H3/t12-/m0/s1. The minimum Gasteiger partial charge on any atom is -0.496 e. The molecular formula is C14H19NO2. The van der Waals surface area contributed by atoms with Crippen molar-refractivity contribution in [2.75, 3.05) is 13.7 Å². The fourth-order valence-electron chi connectivity index (χ4n) is 1.85. The van der Waals surface area contributed by atoms with Crippen LogP contribution in [0.1, 0.15) is 25.0 Å². The monoisotopic (exact) mass is 233 g/mol. The molecule has 3 heteroatoms. The molecule has 0 aliphatic carbocycles. The summed E-state index contributed by atoms with van der Waals surface area (Å²) < 4.78 is 11.0. The topological polar surface area (TPSA) is 30.8 Å². The molecule has 1 aromatic carbocycles. The van der Waals surface area contributed by atoms with Gasteiger partial charge in [0.15, 0.2) is 0 Å². The first-order valence-corrected chi connectivity index (χ1v) is 5.97. The highest BCUT2D eigenvalue weighted by molar-refractivity contribution is 5.97. The van der Waals surface area contributed by atoms with Gasteiger partial charge in [0.25, 0.3) is 0 Å². The van der Waals surface area contributed by atoms with Crippen LogP contribution >= 0.6 is 0 Å². The predicted molar refractivity (Wildman–Crippen MR) is 68.8 cm³/mol. The van der Waals surface area contributed by atoms with Gasteiger partial charge in [-0.05, 0) is 30.5 Å². The van der Waals surface area contributed by atoms with Crippen LogP contribution in [-0.4, -0.2) is 25.7 Å². The highest BCUT2D eigenvalue weighted by Gasteiger charge is 2.24. The average Bonchev–Trinajstić information content (AvgIpc) is 2.78. The van der Waals surface area contributed by atoms with Gasteiger partial charge >= 0.3 is 0 Å². The fourth-order valence-corrected chi connectivity index (χ4v) is 1.85. The zero-order valence-corrected chi connectivity index (χ0v) is 10.9. The Kier molecular flexibility index (Phi) is 3.36.